The second kappa shape index (κ2) is 7.83. The molecule has 1 saturated heterocycles. The molecule has 138 valence electrons. The van der Waals surface area contributed by atoms with Crippen LogP contribution in [0.1, 0.15) is 20.3 Å². The lowest BCUT2D eigenvalue weighted by atomic mass is 10.1. The Balaban J connectivity index is 1.89. The Morgan fingerprint density at radius 1 is 1.24 bits per heavy atom. The molecule has 0 aromatic heterocycles. The third-order valence-electron chi connectivity index (χ3n) is 3.98. The number of rotatable bonds is 6. The van der Waals surface area contributed by atoms with E-state index in [4.69, 9.17) is 5.73 Å². The van der Waals surface area contributed by atoms with E-state index < -0.39 is 16.1 Å². The van der Waals surface area contributed by atoms with Gasteiger partial charge in [0.2, 0.25) is 21.8 Å². The fraction of sp³-hybridized carbons (Fsp3) is 0.500. The van der Waals surface area contributed by atoms with Crippen molar-refractivity contribution in [2.75, 3.05) is 28.5 Å². The summed E-state index contributed by atoms with van der Waals surface area (Å²) >= 11 is 0. The Labute approximate surface area is 147 Å². The molecule has 4 N–H and O–H groups in total. The Kier molecular flexibility index (Phi) is 6.02. The van der Waals surface area contributed by atoms with E-state index in [1.807, 2.05) is 13.8 Å². The lowest BCUT2D eigenvalue weighted by Gasteiger charge is -2.17. The van der Waals surface area contributed by atoms with E-state index >= 15 is 0 Å². The summed E-state index contributed by atoms with van der Waals surface area (Å²) in [6.45, 7) is 3.94. The molecule has 1 aliphatic rings. The van der Waals surface area contributed by atoms with Gasteiger partial charge in [0.25, 0.3) is 0 Å². The van der Waals surface area contributed by atoms with Crippen molar-refractivity contribution in [2.24, 2.45) is 11.7 Å². The normalized spacial score (nSPS) is 17.4. The van der Waals surface area contributed by atoms with Gasteiger partial charge in [0.05, 0.1) is 24.0 Å². The van der Waals surface area contributed by atoms with Gasteiger partial charge in [-0.1, -0.05) is 13.8 Å². The van der Waals surface area contributed by atoms with Crippen molar-refractivity contribution in [1.29, 1.82) is 0 Å². The first-order valence-corrected chi connectivity index (χ1v) is 9.75. The lowest BCUT2D eigenvalue weighted by molar-refractivity contribution is -0.125. The minimum Gasteiger partial charge on any atom is -0.346 e. The molecule has 1 fully saturated rings. The van der Waals surface area contributed by atoms with Crippen LogP contribution < -0.4 is 20.7 Å². The van der Waals surface area contributed by atoms with E-state index in [1.54, 1.807) is 24.3 Å². The summed E-state index contributed by atoms with van der Waals surface area (Å²) in [4.78, 5) is 23.6. The quantitative estimate of drug-likeness (QED) is 0.665. The SMILES string of the molecule is CC(C)[C@H](N)C(=O)NCC(=O)Nc1ccc(N2CCCS2(=O)=O)cc1. The summed E-state index contributed by atoms with van der Waals surface area (Å²) in [5, 5.41) is 5.13. The zero-order valence-electron chi connectivity index (χ0n) is 14.4. The number of benzene rings is 1. The second-order valence-electron chi connectivity index (χ2n) is 6.32. The van der Waals surface area contributed by atoms with Crippen molar-refractivity contribution < 1.29 is 18.0 Å². The van der Waals surface area contributed by atoms with Crippen molar-refractivity contribution >= 4 is 33.2 Å². The molecule has 8 nitrogen and oxygen atoms in total. The van der Waals surface area contributed by atoms with E-state index in [9.17, 15) is 18.0 Å². The van der Waals surface area contributed by atoms with Gasteiger partial charge in [0.15, 0.2) is 0 Å². The number of amides is 2. The van der Waals surface area contributed by atoms with Crippen LogP contribution in [0.5, 0.6) is 0 Å². The molecule has 1 aromatic rings. The molecule has 25 heavy (non-hydrogen) atoms. The summed E-state index contributed by atoms with van der Waals surface area (Å²) in [5.74, 6) is -0.618. The smallest absolute Gasteiger partial charge is 0.243 e. The highest BCUT2D eigenvalue weighted by molar-refractivity contribution is 7.93. The highest BCUT2D eigenvalue weighted by Gasteiger charge is 2.28. The number of sulfonamides is 1. The standard InChI is InChI=1S/C16H24N4O4S/c1-11(2)15(17)16(22)18-10-14(21)19-12-4-6-13(7-5-12)20-8-3-9-25(20,23)24/h4-7,11,15H,3,8-10,17H2,1-2H3,(H,18,22)(H,19,21)/t15-/m0/s1. The number of hydrogen-bond acceptors (Lipinski definition) is 5. The van der Waals surface area contributed by atoms with Gasteiger partial charge in [-0.3, -0.25) is 13.9 Å². The molecule has 0 spiro atoms. The first-order valence-electron chi connectivity index (χ1n) is 8.14. The number of hydrogen-bond donors (Lipinski definition) is 3. The summed E-state index contributed by atoms with van der Waals surface area (Å²) in [6, 6.07) is 5.89. The van der Waals surface area contributed by atoms with Gasteiger partial charge < -0.3 is 16.4 Å². The van der Waals surface area contributed by atoms with Gasteiger partial charge in [-0.05, 0) is 36.6 Å². The Morgan fingerprint density at radius 2 is 1.88 bits per heavy atom. The van der Waals surface area contributed by atoms with E-state index in [-0.39, 0.29) is 30.0 Å². The molecule has 0 radical (unpaired) electrons. The average molecular weight is 368 g/mol. The molecule has 1 aromatic carbocycles. The van der Waals surface area contributed by atoms with Crippen LogP contribution in [-0.4, -0.2) is 45.1 Å². The summed E-state index contributed by atoms with van der Waals surface area (Å²) in [7, 11) is -3.22. The Hall–Kier alpha value is -2.13. The van der Waals surface area contributed by atoms with Gasteiger partial charge in [-0.25, -0.2) is 8.42 Å². The molecule has 0 saturated carbocycles. The summed E-state index contributed by atoms with van der Waals surface area (Å²) in [6.07, 6.45) is 0.610. The molecule has 1 heterocycles. The molecular weight excluding hydrogens is 344 g/mol. The largest absolute Gasteiger partial charge is 0.346 e. The maximum absolute atomic E-state index is 11.9. The van der Waals surface area contributed by atoms with E-state index in [0.717, 1.165) is 0 Å². The molecule has 1 aliphatic heterocycles. The predicted octanol–water partition coefficient (Wildman–Crippen LogP) is 0.265. The Bertz CT molecular complexity index is 731. The molecule has 0 bridgehead atoms. The van der Waals surface area contributed by atoms with Crippen LogP contribution in [0.25, 0.3) is 0 Å². The number of nitrogens with one attached hydrogen (secondary N) is 2. The summed E-state index contributed by atoms with van der Waals surface area (Å²) in [5.41, 5.74) is 6.80. The van der Waals surface area contributed by atoms with Crippen LogP contribution in [0.15, 0.2) is 24.3 Å². The minimum atomic E-state index is -3.22. The molecule has 2 rings (SSSR count). The number of carbonyl (C=O) groups excluding carboxylic acids is 2. The van der Waals surface area contributed by atoms with Crippen molar-refractivity contribution in [2.45, 2.75) is 26.3 Å². The molecule has 9 heteroatoms. The van der Waals surface area contributed by atoms with E-state index in [2.05, 4.69) is 10.6 Å². The highest BCUT2D eigenvalue weighted by atomic mass is 32.2. The monoisotopic (exact) mass is 368 g/mol. The second-order valence-corrected chi connectivity index (χ2v) is 8.34. The summed E-state index contributed by atoms with van der Waals surface area (Å²) < 4.78 is 25.1. The maximum Gasteiger partial charge on any atom is 0.243 e. The predicted molar refractivity (Wildman–Crippen MR) is 96.6 cm³/mol. The van der Waals surface area contributed by atoms with Gasteiger partial charge >= 0.3 is 0 Å². The van der Waals surface area contributed by atoms with Crippen molar-refractivity contribution in [1.82, 2.24) is 5.32 Å². The molecule has 0 unspecified atom stereocenters. The first-order chi connectivity index (χ1) is 11.7. The number of nitrogens with zero attached hydrogens (tertiary/aromatic N) is 1. The van der Waals surface area contributed by atoms with E-state index in [1.165, 1.54) is 4.31 Å². The molecule has 0 aliphatic carbocycles. The van der Waals surface area contributed by atoms with E-state index in [0.29, 0.717) is 24.3 Å². The molecule has 1 atom stereocenters. The third kappa shape index (κ3) is 4.93. The van der Waals surface area contributed by atoms with Crippen LogP contribution in [0.4, 0.5) is 11.4 Å². The highest BCUT2D eigenvalue weighted by Crippen LogP contribution is 2.25. The van der Waals surface area contributed by atoms with Crippen LogP contribution in [0.3, 0.4) is 0 Å². The fourth-order valence-electron chi connectivity index (χ4n) is 2.43. The molecule has 2 amide bonds. The topological polar surface area (TPSA) is 122 Å². The zero-order valence-corrected chi connectivity index (χ0v) is 15.2. The van der Waals surface area contributed by atoms with Crippen LogP contribution in [-0.2, 0) is 19.6 Å². The zero-order chi connectivity index (χ0) is 18.6. The fourth-order valence-corrected chi connectivity index (χ4v) is 4.00. The maximum atomic E-state index is 11.9. The lowest BCUT2D eigenvalue weighted by Crippen LogP contribution is -2.46. The molecular formula is C16H24N4O4S. The minimum absolute atomic E-state index is 0.0162. The van der Waals surface area contributed by atoms with Gasteiger partial charge in [0.1, 0.15) is 0 Å². The number of carbonyl (C=O) groups is 2. The Morgan fingerprint density at radius 3 is 2.40 bits per heavy atom. The number of nitrogens with two attached hydrogens (primary N) is 1. The third-order valence-corrected chi connectivity index (χ3v) is 5.85. The van der Waals surface area contributed by atoms with Crippen LogP contribution >= 0.6 is 0 Å². The van der Waals surface area contributed by atoms with Crippen LogP contribution in [0, 0.1) is 5.92 Å². The first kappa shape index (κ1) is 19.2. The van der Waals surface area contributed by atoms with Gasteiger partial charge in [0, 0.05) is 12.2 Å². The van der Waals surface area contributed by atoms with Gasteiger partial charge in [-0.15, -0.1) is 0 Å². The average Bonchev–Trinajstić information content (AvgIpc) is 2.91. The van der Waals surface area contributed by atoms with Crippen molar-refractivity contribution in [3.63, 3.8) is 0 Å². The van der Waals surface area contributed by atoms with Gasteiger partial charge in [-0.2, -0.15) is 0 Å². The van der Waals surface area contributed by atoms with Crippen LogP contribution in [0.2, 0.25) is 0 Å². The number of anilines is 2. The van der Waals surface area contributed by atoms with Crippen molar-refractivity contribution in [3.05, 3.63) is 24.3 Å². The van der Waals surface area contributed by atoms with Crippen molar-refractivity contribution in [3.8, 4) is 0 Å².